The van der Waals surface area contributed by atoms with Gasteiger partial charge in [-0.15, -0.1) is 0 Å². The second-order valence-electron chi connectivity index (χ2n) is 7.02. The summed E-state index contributed by atoms with van der Waals surface area (Å²) in [6, 6.07) is 9.76. The fourth-order valence-corrected chi connectivity index (χ4v) is 3.68. The summed E-state index contributed by atoms with van der Waals surface area (Å²) in [7, 11) is 1.64. The number of piperidine rings is 1. The van der Waals surface area contributed by atoms with Gasteiger partial charge in [0.15, 0.2) is 0 Å². The van der Waals surface area contributed by atoms with E-state index in [0.717, 1.165) is 48.8 Å². The van der Waals surface area contributed by atoms with Gasteiger partial charge in [0.1, 0.15) is 17.9 Å². The molecule has 0 spiro atoms. The molecule has 28 heavy (non-hydrogen) atoms. The third-order valence-corrected chi connectivity index (χ3v) is 5.20. The summed E-state index contributed by atoms with van der Waals surface area (Å²) < 4.78 is 7.11. The van der Waals surface area contributed by atoms with E-state index in [0.29, 0.717) is 12.3 Å². The number of hydrogen-bond acceptors (Lipinski definition) is 6. The van der Waals surface area contributed by atoms with Crippen LogP contribution in [-0.2, 0) is 11.3 Å². The van der Waals surface area contributed by atoms with Crippen molar-refractivity contribution in [2.45, 2.75) is 26.3 Å². The molecule has 1 amide bonds. The third-order valence-electron chi connectivity index (χ3n) is 5.20. The molecule has 3 aromatic rings. The van der Waals surface area contributed by atoms with Gasteiger partial charge in [-0.05, 0) is 25.8 Å². The highest BCUT2D eigenvalue weighted by atomic mass is 16.5. The number of para-hydroxylation sites is 1. The fraction of sp³-hybridized carbons (Fsp3) is 0.400. The minimum Gasteiger partial charge on any atom is -0.496 e. The van der Waals surface area contributed by atoms with Crippen LogP contribution in [0.4, 0.5) is 5.82 Å². The number of methoxy groups -OCH3 is 1. The lowest BCUT2D eigenvalue weighted by molar-refractivity contribution is -0.125. The average molecular weight is 380 g/mol. The summed E-state index contributed by atoms with van der Waals surface area (Å²) in [6.07, 6.45) is 3.12. The number of amides is 1. The fourth-order valence-electron chi connectivity index (χ4n) is 3.68. The molecule has 0 unspecified atom stereocenters. The number of hydrogen-bond donors (Lipinski definition) is 1. The number of fused-ring (bicyclic) bond motifs is 1. The van der Waals surface area contributed by atoms with Crippen molar-refractivity contribution >= 4 is 17.5 Å². The first-order valence-corrected chi connectivity index (χ1v) is 9.47. The van der Waals surface area contributed by atoms with Gasteiger partial charge in [-0.3, -0.25) is 4.79 Å². The molecule has 8 nitrogen and oxygen atoms in total. The SMILES string of the molecule is COc1ccccc1CNC(=O)C1CCN(c2cc(C)nc3ncnn23)CC1. The lowest BCUT2D eigenvalue weighted by Gasteiger charge is -2.32. The molecule has 8 heteroatoms. The zero-order valence-corrected chi connectivity index (χ0v) is 16.1. The average Bonchev–Trinajstić information content (AvgIpc) is 3.20. The van der Waals surface area contributed by atoms with Crippen molar-refractivity contribution in [3.63, 3.8) is 0 Å². The molecule has 0 atom stereocenters. The topological polar surface area (TPSA) is 84.6 Å². The van der Waals surface area contributed by atoms with E-state index in [1.54, 1.807) is 11.6 Å². The van der Waals surface area contributed by atoms with Gasteiger partial charge in [0.2, 0.25) is 5.91 Å². The van der Waals surface area contributed by atoms with E-state index in [-0.39, 0.29) is 11.8 Å². The van der Waals surface area contributed by atoms with Gasteiger partial charge >= 0.3 is 0 Å². The van der Waals surface area contributed by atoms with Crippen molar-refractivity contribution < 1.29 is 9.53 Å². The molecule has 1 saturated heterocycles. The van der Waals surface area contributed by atoms with Crippen LogP contribution in [0.15, 0.2) is 36.7 Å². The van der Waals surface area contributed by atoms with Gasteiger partial charge in [0.25, 0.3) is 5.78 Å². The summed E-state index contributed by atoms with van der Waals surface area (Å²) in [4.78, 5) is 23.5. The first kappa shape index (κ1) is 18.2. The van der Waals surface area contributed by atoms with Crippen LogP contribution < -0.4 is 15.0 Å². The van der Waals surface area contributed by atoms with E-state index in [4.69, 9.17) is 4.74 Å². The number of carbonyl (C=O) groups excluding carboxylic acids is 1. The van der Waals surface area contributed by atoms with Crippen molar-refractivity contribution in [1.29, 1.82) is 0 Å². The van der Waals surface area contributed by atoms with E-state index < -0.39 is 0 Å². The smallest absolute Gasteiger partial charge is 0.254 e. The van der Waals surface area contributed by atoms with E-state index in [1.807, 2.05) is 37.3 Å². The number of carbonyl (C=O) groups is 1. The molecular weight excluding hydrogens is 356 g/mol. The maximum atomic E-state index is 12.6. The molecule has 1 fully saturated rings. The Balaban J connectivity index is 1.37. The largest absolute Gasteiger partial charge is 0.496 e. The molecule has 0 saturated carbocycles. The highest BCUT2D eigenvalue weighted by molar-refractivity contribution is 5.79. The Morgan fingerprint density at radius 2 is 2.07 bits per heavy atom. The van der Waals surface area contributed by atoms with Gasteiger partial charge in [0, 0.05) is 42.9 Å². The molecule has 0 radical (unpaired) electrons. The summed E-state index contributed by atoms with van der Waals surface area (Å²) in [6.45, 7) is 4.03. The Kier molecular flexibility index (Phi) is 5.10. The van der Waals surface area contributed by atoms with Crippen LogP contribution in [0.2, 0.25) is 0 Å². The molecule has 1 aromatic carbocycles. The van der Waals surface area contributed by atoms with E-state index >= 15 is 0 Å². The Bertz CT molecular complexity index is 978. The molecule has 4 rings (SSSR count). The normalized spacial score (nSPS) is 15.0. The summed E-state index contributed by atoms with van der Waals surface area (Å²) >= 11 is 0. The molecule has 0 bridgehead atoms. The monoisotopic (exact) mass is 380 g/mol. The number of rotatable bonds is 5. The Labute approximate surface area is 163 Å². The standard InChI is InChI=1S/C20H24N6O2/c1-14-11-18(26-20(24-14)22-13-23-26)25-9-7-15(8-10-25)19(27)21-12-16-5-3-4-6-17(16)28-2/h3-6,11,13,15H,7-10,12H2,1-2H3,(H,21,27). The van der Waals surface area contributed by atoms with Crippen LogP contribution >= 0.6 is 0 Å². The zero-order chi connectivity index (χ0) is 19.5. The third kappa shape index (κ3) is 3.62. The van der Waals surface area contributed by atoms with Gasteiger partial charge in [0.05, 0.1) is 7.11 Å². The summed E-state index contributed by atoms with van der Waals surface area (Å²) in [5, 5.41) is 7.34. The Hall–Kier alpha value is -3.16. The number of aromatic nitrogens is 4. The van der Waals surface area contributed by atoms with Gasteiger partial charge in [-0.25, -0.2) is 4.98 Å². The maximum absolute atomic E-state index is 12.6. The van der Waals surface area contributed by atoms with Crippen molar-refractivity contribution in [2.75, 3.05) is 25.1 Å². The highest BCUT2D eigenvalue weighted by Gasteiger charge is 2.26. The molecule has 0 aliphatic carbocycles. The van der Waals surface area contributed by atoms with Crippen molar-refractivity contribution in [1.82, 2.24) is 24.9 Å². The van der Waals surface area contributed by atoms with Crippen molar-refractivity contribution in [3.8, 4) is 5.75 Å². The summed E-state index contributed by atoms with van der Waals surface area (Å²) in [5.41, 5.74) is 1.89. The number of benzene rings is 1. The maximum Gasteiger partial charge on any atom is 0.254 e. The lowest BCUT2D eigenvalue weighted by atomic mass is 9.95. The minimum absolute atomic E-state index is 0.0140. The molecule has 1 aliphatic rings. The Morgan fingerprint density at radius 1 is 1.29 bits per heavy atom. The number of nitrogens with one attached hydrogen (secondary N) is 1. The molecule has 3 heterocycles. The van der Waals surface area contributed by atoms with Crippen LogP contribution in [0.25, 0.3) is 5.78 Å². The quantitative estimate of drug-likeness (QED) is 0.729. The van der Waals surface area contributed by atoms with Crippen LogP contribution in [0.1, 0.15) is 24.1 Å². The van der Waals surface area contributed by atoms with Crippen LogP contribution in [0.3, 0.4) is 0 Å². The number of anilines is 1. The second kappa shape index (κ2) is 7.84. The first-order valence-electron chi connectivity index (χ1n) is 9.47. The van der Waals surface area contributed by atoms with Crippen molar-refractivity contribution in [3.05, 3.63) is 47.9 Å². The molecule has 1 N–H and O–H groups in total. The van der Waals surface area contributed by atoms with Gasteiger partial charge < -0.3 is 15.0 Å². The van der Waals surface area contributed by atoms with Crippen LogP contribution in [0.5, 0.6) is 5.75 Å². The van der Waals surface area contributed by atoms with Gasteiger partial charge in [-0.1, -0.05) is 18.2 Å². The second-order valence-corrected chi connectivity index (χ2v) is 7.02. The molecule has 146 valence electrons. The zero-order valence-electron chi connectivity index (χ0n) is 16.1. The van der Waals surface area contributed by atoms with E-state index in [9.17, 15) is 4.79 Å². The number of nitrogens with zero attached hydrogens (tertiary/aromatic N) is 5. The lowest BCUT2D eigenvalue weighted by Crippen LogP contribution is -2.41. The molecule has 1 aliphatic heterocycles. The van der Waals surface area contributed by atoms with E-state index in [1.165, 1.54) is 6.33 Å². The van der Waals surface area contributed by atoms with Crippen LogP contribution in [-0.4, -0.2) is 45.7 Å². The van der Waals surface area contributed by atoms with E-state index in [2.05, 4.69) is 25.3 Å². The minimum atomic E-state index is 0.0140. The Morgan fingerprint density at radius 3 is 2.86 bits per heavy atom. The van der Waals surface area contributed by atoms with Crippen LogP contribution in [0, 0.1) is 12.8 Å². The van der Waals surface area contributed by atoms with Crippen molar-refractivity contribution in [2.24, 2.45) is 5.92 Å². The first-order chi connectivity index (χ1) is 13.7. The predicted octanol–water partition coefficient (Wildman–Crippen LogP) is 1.97. The van der Waals surface area contributed by atoms with Gasteiger partial charge in [-0.2, -0.15) is 14.6 Å². The predicted molar refractivity (Wildman–Crippen MR) is 105 cm³/mol. The number of ether oxygens (including phenoxy) is 1. The number of aryl methyl sites for hydroxylation is 1. The highest BCUT2D eigenvalue weighted by Crippen LogP contribution is 2.24. The molecular formula is C20H24N6O2. The summed E-state index contributed by atoms with van der Waals surface area (Å²) in [5.74, 6) is 2.49. The molecule has 2 aromatic heterocycles.